The minimum atomic E-state index is -0.993. The second-order valence-corrected chi connectivity index (χ2v) is 5.69. The number of anilines is 1. The molecule has 0 saturated carbocycles. The van der Waals surface area contributed by atoms with Crippen molar-refractivity contribution in [3.63, 3.8) is 0 Å². The van der Waals surface area contributed by atoms with Crippen LogP contribution in [-0.2, 0) is 4.79 Å². The number of carbonyl (C=O) groups is 1. The molecule has 1 aliphatic rings. The van der Waals surface area contributed by atoms with E-state index in [9.17, 15) is 13.6 Å². The zero-order chi connectivity index (χ0) is 17.1. The summed E-state index contributed by atoms with van der Waals surface area (Å²) < 4.78 is 37.1. The molecule has 1 heterocycles. The zero-order valence-electron chi connectivity index (χ0n) is 13.1. The maximum absolute atomic E-state index is 13.2. The summed E-state index contributed by atoms with van der Waals surface area (Å²) in [7, 11) is 0. The molecule has 0 fully saturated rings. The van der Waals surface area contributed by atoms with E-state index in [0.717, 1.165) is 17.7 Å². The third-order valence-corrected chi connectivity index (χ3v) is 3.83. The molecule has 1 atom stereocenters. The predicted molar refractivity (Wildman–Crippen MR) is 85.5 cm³/mol. The number of rotatable bonds is 4. The smallest absolute Gasteiger partial charge is 0.224 e. The standard InChI is InChI=1S/C18H17F2NO3/c1-11(12-2-5-16-17(9-12)24-7-6-23-16)8-18(22)21-13-3-4-14(19)15(20)10-13/h2-5,9-11H,6-8H2,1H3,(H,21,22). The van der Waals surface area contributed by atoms with Crippen molar-refractivity contribution >= 4 is 11.6 Å². The van der Waals surface area contributed by atoms with Gasteiger partial charge in [-0.1, -0.05) is 13.0 Å². The van der Waals surface area contributed by atoms with Gasteiger partial charge < -0.3 is 14.8 Å². The van der Waals surface area contributed by atoms with Crippen LogP contribution >= 0.6 is 0 Å². The van der Waals surface area contributed by atoms with Crippen molar-refractivity contribution in [3.05, 3.63) is 53.6 Å². The van der Waals surface area contributed by atoms with Crippen LogP contribution in [0.15, 0.2) is 36.4 Å². The number of benzene rings is 2. The Morgan fingerprint density at radius 1 is 1.08 bits per heavy atom. The Labute approximate surface area is 138 Å². The van der Waals surface area contributed by atoms with Crippen molar-refractivity contribution in [2.45, 2.75) is 19.3 Å². The van der Waals surface area contributed by atoms with Gasteiger partial charge in [-0.2, -0.15) is 0 Å². The van der Waals surface area contributed by atoms with E-state index in [-0.39, 0.29) is 23.9 Å². The molecule has 3 rings (SSSR count). The molecule has 1 aliphatic heterocycles. The molecule has 1 unspecified atom stereocenters. The van der Waals surface area contributed by atoms with Gasteiger partial charge in [0.1, 0.15) is 13.2 Å². The summed E-state index contributed by atoms with van der Waals surface area (Å²) in [6.45, 7) is 2.94. The second kappa shape index (κ2) is 6.86. The molecule has 2 aromatic rings. The molecule has 4 nitrogen and oxygen atoms in total. The van der Waals surface area contributed by atoms with Crippen molar-refractivity contribution in [1.82, 2.24) is 0 Å². The number of nitrogens with one attached hydrogen (secondary N) is 1. The van der Waals surface area contributed by atoms with Crippen molar-refractivity contribution in [3.8, 4) is 11.5 Å². The van der Waals surface area contributed by atoms with Crippen LogP contribution in [0.4, 0.5) is 14.5 Å². The summed E-state index contributed by atoms with van der Waals surface area (Å²) in [6, 6.07) is 8.85. The lowest BCUT2D eigenvalue weighted by atomic mass is 9.97. The number of hydrogen-bond donors (Lipinski definition) is 1. The molecular formula is C18H17F2NO3. The van der Waals surface area contributed by atoms with Gasteiger partial charge in [0.05, 0.1) is 0 Å². The van der Waals surface area contributed by atoms with E-state index in [1.807, 2.05) is 25.1 Å². The molecule has 126 valence electrons. The molecule has 0 saturated heterocycles. The summed E-state index contributed by atoms with van der Waals surface area (Å²) in [4.78, 5) is 12.1. The fraction of sp³-hybridized carbons (Fsp3) is 0.278. The van der Waals surface area contributed by atoms with Gasteiger partial charge in [-0.15, -0.1) is 0 Å². The Bertz CT molecular complexity index is 764. The summed E-state index contributed by atoms with van der Waals surface area (Å²) in [6.07, 6.45) is 0.207. The van der Waals surface area contributed by atoms with Crippen LogP contribution in [0.2, 0.25) is 0 Å². The van der Waals surface area contributed by atoms with Crippen LogP contribution in [0.1, 0.15) is 24.8 Å². The number of fused-ring (bicyclic) bond motifs is 1. The molecule has 0 aromatic heterocycles. The molecule has 0 bridgehead atoms. The van der Waals surface area contributed by atoms with Crippen LogP contribution in [0.3, 0.4) is 0 Å². The number of amides is 1. The van der Waals surface area contributed by atoms with E-state index in [1.165, 1.54) is 6.07 Å². The van der Waals surface area contributed by atoms with Crippen molar-refractivity contribution in [2.24, 2.45) is 0 Å². The summed E-state index contributed by atoms with van der Waals surface area (Å²) >= 11 is 0. The molecular weight excluding hydrogens is 316 g/mol. The molecule has 1 N–H and O–H groups in total. The first kappa shape index (κ1) is 16.2. The van der Waals surface area contributed by atoms with Gasteiger partial charge in [0.25, 0.3) is 0 Å². The number of hydrogen-bond acceptors (Lipinski definition) is 3. The summed E-state index contributed by atoms with van der Waals surface area (Å²) in [5.74, 6) is -0.907. The van der Waals surface area contributed by atoms with Gasteiger partial charge in [-0.25, -0.2) is 8.78 Å². The SMILES string of the molecule is CC(CC(=O)Nc1ccc(F)c(F)c1)c1ccc2c(c1)OCCO2. The van der Waals surface area contributed by atoms with Crippen molar-refractivity contribution < 1.29 is 23.0 Å². The monoisotopic (exact) mass is 333 g/mol. The minimum absolute atomic E-state index is 0.0638. The van der Waals surface area contributed by atoms with Crippen molar-refractivity contribution in [2.75, 3.05) is 18.5 Å². The lowest BCUT2D eigenvalue weighted by Crippen LogP contribution is -2.17. The van der Waals surface area contributed by atoms with Crippen LogP contribution in [0.25, 0.3) is 0 Å². The van der Waals surface area contributed by atoms with E-state index >= 15 is 0 Å². The average Bonchev–Trinajstić information content (AvgIpc) is 2.57. The van der Waals surface area contributed by atoms with E-state index < -0.39 is 11.6 Å². The van der Waals surface area contributed by atoms with Gasteiger partial charge in [0.2, 0.25) is 5.91 Å². The lowest BCUT2D eigenvalue weighted by molar-refractivity contribution is -0.116. The van der Waals surface area contributed by atoms with E-state index in [2.05, 4.69) is 5.32 Å². The molecule has 6 heteroatoms. The Kier molecular flexibility index (Phi) is 4.64. The predicted octanol–water partition coefficient (Wildman–Crippen LogP) is 3.87. The Hall–Kier alpha value is -2.63. The van der Waals surface area contributed by atoms with Gasteiger partial charge in [-0.05, 0) is 35.7 Å². The van der Waals surface area contributed by atoms with E-state index in [1.54, 1.807) is 0 Å². The van der Waals surface area contributed by atoms with Gasteiger partial charge in [0, 0.05) is 18.2 Å². The quantitative estimate of drug-likeness (QED) is 0.924. The Morgan fingerprint density at radius 2 is 1.83 bits per heavy atom. The highest BCUT2D eigenvalue weighted by Gasteiger charge is 2.17. The maximum atomic E-state index is 13.2. The highest BCUT2D eigenvalue weighted by Crippen LogP contribution is 2.34. The van der Waals surface area contributed by atoms with E-state index in [0.29, 0.717) is 24.7 Å². The first-order chi connectivity index (χ1) is 11.5. The molecule has 24 heavy (non-hydrogen) atoms. The first-order valence-electron chi connectivity index (χ1n) is 7.67. The lowest BCUT2D eigenvalue weighted by Gasteiger charge is -2.20. The van der Waals surface area contributed by atoms with Crippen molar-refractivity contribution in [1.29, 1.82) is 0 Å². The van der Waals surface area contributed by atoms with Crippen LogP contribution in [0, 0.1) is 11.6 Å². The average molecular weight is 333 g/mol. The van der Waals surface area contributed by atoms with E-state index in [4.69, 9.17) is 9.47 Å². The van der Waals surface area contributed by atoms with Crippen LogP contribution in [0.5, 0.6) is 11.5 Å². The Balaban J connectivity index is 1.64. The third kappa shape index (κ3) is 3.64. The first-order valence-corrected chi connectivity index (χ1v) is 7.67. The molecule has 2 aromatic carbocycles. The zero-order valence-corrected chi connectivity index (χ0v) is 13.1. The minimum Gasteiger partial charge on any atom is -0.486 e. The third-order valence-electron chi connectivity index (χ3n) is 3.83. The molecule has 0 spiro atoms. The van der Waals surface area contributed by atoms with Gasteiger partial charge >= 0.3 is 0 Å². The van der Waals surface area contributed by atoms with Crippen LogP contribution < -0.4 is 14.8 Å². The number of ether oxygens (including phenoxy) is 2. The molecule has 0 radical (unpaired) electrons. The van der Waals surface area contributed by atoms with Crippen LogP contribution in [-0.4, -0.2) is 19.1 Å². The maximum Gasteiger partial charge on any atom is 0.224 e. The highest BCUT2D eigenvalue weighted by atomic mass is 19.2. The fourth-order valence-electron chi connectivity index (χ4n) is 2.55. The number of halogens is 2. The summed E-state index contributed by atoms with van der Waals surface area (Å²) in [5, 5.41) is 2.57. The number of carbonyl (C=O) groups excluding carboxylic acids is 1. The normalized spacial score (nSPS) is 14.1. The second-order valence-electron chi connectivity index (χ2n) is 5.69. The molecule has 0 aliphatic carbocycles. The highest BCUT2D eigenvalue weighted by molar-refractivity contribution is 5.91. The summed E-state index contributed by atoms with van der Waals surface area (Å²) in [5.41, 5.74) is 1.17. The Morgan fingerprint density at radius 3 is 2.58 bits per heavy atom. The fourth-order valence-corrected chi connectivity index (χ4v) is 2.55. The molecule has 1 amide bonds. The topological polar surface area (TPSA) is 47.6 Å². The largest absolute Gasteiger partial charge is 0.486 e. The van der Waals surface area contributed by atoms with Gasteiger partial charge in [-0.3, -0.25) is 4.79 Å². The van der Waals surface area contributed by atoms with Gasteiger partial charge in [0.15, 0.2) is 23.1 Å².